The van der Waals surface area contributed by atoms with E-state index < -0.39 is 0 Å². The van der Waals surface area contributed by atoms with Crippen molar-refractivity contribution >= 4 is 11.8 Å². The number of rotatable bonds is 7. The zero-order valence-electron chi connectivity index (χ0n) is 15.0. The summed E-state index contributed by atoms with van der Waals surface area (Å²) in [5, 5.41) is 0. The highest BCUT2D eigenvalue weighted by atomic mass is 16.3. The smallest absolute Gasteiger partial charge is 0.257 e. The largest absolute Gasteiger partial charge is 0.472 e. The second kappa shape index (κ2) is 8.87. The van der Waals surface area contributed by atoms with Crippen molar-refractivity contribution in [2.75, 3.05) is 39.3 Å². The number of nitrogens with zero attached hydrogens (tertiary/aromatic N) is 3. The Morgan fingerprint density at radius 2 is 1.96 bits per heavy atom. The first-order chi connectivity index (χ1) is 11.6. The number of hydrogen-bond donors (Lipinski definition) is 0. The monoisotopic (exact) mass is 335 g/mol. The van der Waals surface area contributed by atoms with Gasteiger partial charge in [-0.1, -0.05) is 13.8 Å². The molecular weight excluding hydrogens is 306 g/mol. The second-order valence-corrected chi connectivity index (χ2v) is 6.33. The maximum Gasteiger partial charge on any atom is 0.257 e. The number of hydrogen-bond acceptors (Lipinski definition) is 4. The first-order valence-electron chi connectivity index (χ1n) is 8.90. The van der Waals surface area contributed by atoms with Crippen LogP contribution in [0.3, 0.4) is 0 Å². The van der Waals surface area contributed by atoms with E-state index in [0.29, 0.717) is 18.5 Å². The maximum atomic E-state index is 12.6. The summed E-state index contributed by atoms with van der Waals surface area (Å²) in [7, 11) is 0. The third-order valence-electron chi connectivity index (χ3n) is 4.89. The maximum absolute atomic E-state index is 12.6. The molecule has 1 fully saturated rings. The molecule has 0 bridgehead atoms. The standard InChI is InChI=1S/C18H29N3O3/c1-4-15(3)21(18(23)16-7-13-24-14-16)8-6-17(22)20-11-9-19(5-2)10-12-20/h7,13-15H,4-6,8-12H2,1-3H3/t15-/m1/s1. The van der Waals surface area contributed by atoms with E-state index in [2.05, 4.69) is 11.8 Å². The fraction of sp³-hybridized carbons (Fsp3) is 0.667. The van der Waals surface area contributed by atoms with Crippen LogP contribution < -0.4 is 0 Å². The minimum atomic E-state index is -0.0679. The predicted octanol–water partition coefficient (Wildman–Crippen LogP) is 2.07. The lowest BCUT2D eigenvalue weighted by Gasteiger charge is -2.35. The van der Waals surface area contributed by atoms with Crippen LogP contribution in [0.5, 0.6) is 0 Å². The van der Waals surface area contributed by atoms with Gasteiger partial charge in [-0.15, -0.1) is 0 Å². The molecule has 0 spiro atoms. The zero-order chi connectivity index (χ0) is 17.5. The van der Waals surface area contributed by atoms with Crippen LogP contribution in [-0.2, 0) is 4.79 Å². The minimum Gasteiger partial charge on any atom is -0.472 e. The first kappa shape index (κ1) is 18.5. The van der Waals surface area contributed by atoms with Gasteiger partial charge in [0, 0.05) is 45.2 Å². The van der Waals surface area contributed by atoms with Crippen molar-refractivity contribution < 1.29 is 14.0 Å². The number of furan rings is 1. The summed E-state index contributed by atoms with van der Waals surface area (Å²) in [6.45, 7) is 11.1. The first-order valence-corrected chi connectivity index (χ1v) is 8.90. The summed E-state index contributed by atoms with van der Waals surface area (Å²) in [5.74, 6) is 0.0701. The molecule has 1 saturated heterocycles. The molecule has 0 aliphatic carbocycles. The number of amides is 2. The van der Waals surface area contributed by atoms with Crippen LogP contribution in [0.2, 0.25) is 0 Å². The lowest BCUT2D eigenvalue weighted by Crippen LogP contribution is -2.49. The SMILES string of the molecule is CC[C@@H](C)N(CCC(=O)N1CCN(CC)CC1)C(=O)c1ccoc1. The van der Waals surface area contributed by atoms with Crippen LogP contribution >= 0.6 is 0 Å². The summed E-state index contributed by atoms with van der Waals surface area (Å²) >= 11 is 0. The van der Waals surface area contributed by atoms with Crippen LogP contribution in [0.15, 0.2) is 23.0 Å². The summed E-state index contributed by atoms with van der Waals surface area (Å²) in [4.78, 5) is 31.1. The van der Waals surface area contributed by atoms with Crippen LogP contribution in [0.4, 0.5) is 0 Å². The lowest BCUT2D eigenvalue weighted by molar-refractivity contribution is -0.133. The van der Waals surface area contributed by atoms with Gasteiger partial charge >= 0.3 is 0 Å². The predicted molar refractivity (Wildman–Crippen MR) is 92.8 cm³/mol. The Morgan fingerprint density at radius 3 is 2.50 bits per heavy atom. The molecule has 6 heteroatoms. The van der Waals surface area contributed by atoms with Crippen molar-refractivity contribution in [3.8, 4) is 0 Å². The van der Waals surface area contributed by atoms with E-state index in [-0.39, 0.29) is 17.9 Å². The molecule has 2 rings (SSSR count). The number of likely N-dealkylation sites (N-methyl/N-ethyl adjacent to an activating group) is 1. The van der Waals surface area contributed by atoms with E-state index >= 15 is 0 Å². The van der Waals surface area contributed by atoms with Gasteiger partial charge in [-0.05, 0) is 26.0 Å². The summed E-state index contributed by atoms with van der Waals surface area (Å²) in [5.41, 5.74) is 0.541. The Kier molecular flexibility index (Phi) is 6.85. The van der Waals surface area contributed by atoms with Gasteiger partial charge in [0.15, 0.2) is 0 Å². The molecule has 1 aliphatic heterocycles. The van der Waals surface area contributed by atoms with Crippen molar-refractivity contribution in [3.05, 3.63) is 24.2 Å². The van der Waals surface area contributed by atoms with Crippen molar-refractivity contribution in [2.45, 2.75) is 39.7 Å². The Bertz CT molecular complexity index is 522. The van der Waals surface area contributed by atoms with Crippen LogP contribution in [0.25, 0.3) is 0 Å². The molecule has 1 aromatic rings. The Hall–Kier alpha value is -1.82. The molecule has 0 saturated carbocycles. The van der Waals surface area contributed by atoms with E-state index in [9.17, 15) is 9.59 Å². The van der Waals surface area contributed by atoms with Crippen molar-refractivity contribution in [1.82, 2.24) is 14.7 Å². The lowest BCUT2D eigenvalue weighted by atomic mass is 10.1. The van der Waals surface area contributed by atoms with Gasteiger partial charge in [0.05, 0.1) is 11.8 Å². The van der Waals surface area contributed by atoms with Crippen LogP contribution in [0.1, 0.15) is 44.0 Å². The summed E-state index contributed by atoms with van der Waals surface area (Å²) in [6.07, 6.45) is 4.19. The number of carbonyl (C=O) groups excluding carboxylic acids is 2. The van der Waals surface area contributed by atoms with Crippen LogP contribution in [-0.4, -0.2) is 71.8 Å². The number of carbonyl (C=O) groups is 2. The van der Waals surface area contributed by atoms with E-state index in [1.807, 2.05) is 18.7 Å². The zero-order valence-corrected chi connectivity index (χ0v) is 15.0. The van der Waals surface area contributed by atoms with Crippen molar-refractivity contribution in [3.63, 3.8) is 0 Å². The average Bonchev–Trinajstić information content (AvgIpc) is 3.15. The average molecular weight is 335 g/mol. The van der Waals surface area contributed by atoms with E-state index in [0.717, 1.165) is 39.1 Å². The highest BCUT2D eigenvalue weighted by Crippen LogP contribution is 2.13. The van der Waals surface area contributed by atoms with Gasteiger partial charge in [0.2, 0.25) is 5.91 Å². The third kappa shape index (κ3) is 4.60. The third-order valence-corrected chi connectivity index (χ3v) is 4.89. The topological polar surface area (TPSA) is 57.0 Å². The molecule has 1 aliphatic rings. The second-order valence-electron chi connectivity index (χ2n) is 6.33. The normalized spacial score (nSPS) is 16.9. The van der Waals surface area contributed by atoms with E-state index in [1.54, 1.807) is 11.0 Å². The van der Waals surface area contributed by atoms with Gasteiger partial charge in [-0.25, -0.2) is 0 Å². The van der Waals surface area contributed by atoms with Gasteiger partial charge < -0.3 is 19.1 Å². The Labute approximate surface area is 144 Å². The molecule has 2 heterocycles. The molecule has 0 unspecified atom stereocenters. The molecule has 2 amide bonds. The molecule has 1 aromatic heterocycles. The van der Waals surface area contributed by atoms with Crippen molar-refractivity contribution in [2.24, 2.45) is 0 Å². The molecular formula is C18H29N3O3. The van der Waals surface area contributed by atoms with E-state index in [4.69, 9.17) is 4.42 Å². The van der Waals surface area contributed by atoms with E-state index in [1.165, 1.54) is 12.5 Å². The summed E-state index contributed by atoms with van der Waals surface area (Å²) < 4.78 is 5.01. The molecule has 0 radical (unpaired) electrons. The highest BCUT2D eigenvalue weighted by Gasteiger charge is 2.24. The molecule has 134 valence electrons. The van der Waals surface area contributed by atoms with Gasteiger partial charge in [-0.2, -0.15) is 0 Å². The summed E-state index contributed by atoms with van der Waals surface area (Å²) in [6, 6.07) is 1.76. The van der Waals surface area contributed by atoms with Gasteiger partial charge in [0.25, 0.3) is 5.91 Å². The molecule has 1 atom stereocenters. The molecule has 0 N–H and O–H groups in total. The van der Waals surface area contributed by atoms with Crippen LogP contribution in [0, 0.1) is 0 Å². The minimum absolute atomic E-state index is 0.0679. The van der Waals surface area contributed by atoms with Crippen molar-refractivity contribution in [1.29, 1.82) is 0 Å². The number of piperazine rings is 1. The molecule has 6 nitrogen and oxygen atoms in total. The Balaban J connectivity index is 1.90. The van der Waals surface area contributed by atoms with Gasteiger partial charge in [-0.3, -0.25) is 9.59 Å². The van der Waals surface area contributed by atoms with Gasteiger partial charge in [0.1, 0.15) is 6.26 Å². The molecule has 24 heavy (non-hydrogen) atoms. The fourth-order valence-corrected chi connectivity index (χ4v) is 2.98. The molecule has 0 aromatic carbocycles. The fourth-order valence-electron chi connectivity index (χ4n) is 2.98. The quantitative estimate of drug-likeness (QED) is 0.765. The Morgan fingerprint density at radius 1 is 1.25 bits per heavy atom. The highest BCUT2D eigenvalue weighted by molar-refractivity contribution is 5.94.